The fraction of sp³-hybridized carbons (Fsp3) is 0.115. The van der Waals surface area contributed by atoms with Crippen LogP contribution >= 0.6 is 23.8 Å². The van der Waals surface area contributed by atoms with E-state index in [0.717, 1.165) is 5.56 Å². The maximum atomic E-state index is 13.2. The van der Waals surface area contributed by atoms with Gasteiger partial charge in [0.2, 0.25) is 0 Å². The highest BCUT2D eigenvalue weighted by Crippen LogP contribution is 2.31. The molecule has 172 valence electrons. The van der Waals surface area contributed by atoms with Crippen LogP contribution in [0.3, 0.4) is 0 Å². The van der Waals surface area contributed by atoms with Crippen LogP contribution in [-0.4, -0.2) is 23.5 Å². The molecule has 3 aromatic rings. The highest BCUT2D eigenvalue weighted by molar-refractivity contribution is 7.80. The molecular formula is C26H21ClN2O4S. The molecule has 4 rings (SSSR count). The Kier molecular flexibility index (Phi) is 7.25. The lowest BCUT2D eigenvalue weighted by Gasteiger charge is -2.28. The molecule has 0 atom stereocenters. The van der Waals surface area contributed by atoms with Crippen molar-refractivity contribution in [2.75, 3.05) is 11.5 Å². The maximum Gasteiger partial charge on any atom is 0.270 e. The van der Waals surface area contributed by atoms with E-state index < -0.39 is 11.8 Å². The van der Waals surface area contributed by atoms with Gasteiger partial charge >= 0.3 is 0 Å². The predicted molar refractivity (Wildman–Crippen MR) is 136 cm³/mol. The molecule has 0 aromatic heterocycles. The Morgan fingerprint density at radius 1 is 0.971 bits per heavy atom. The van der Waals surface area contributed by atoms with Gasteiger partial charge < -0.3 is 9.47 Å². The average molecular weight is 493 g/mol. The normalized spacial score (nSPS) is 14.8. The van der Waals surface area contributed by atoms with Crippen molar-refractivity contribution in [2.45, 2.75) is 13.5 Å². The number of carbonyl (C=O) groups excluding carboxylic acids is 2. The number of nitrogens with zero attached hydrogens (tertiary/aromatic N) is 1. The Morgan fingerprint density at radius 2 is 1.71 bits per heavy atom. The quantitative estimate of drug-likeness (QED) is 0.281. The van der Waals surface area contributed by atoms with Gasteiger partial charge in [-0.15, -0.1) is 0 Å². The Morgan fingerprint density at radius 3 is 2.41 bits per heavy atom. The zero-order chi connectivity index (χ0) is 24.1. The van der Waals surface area contributed by atoms with E-state index in [1.807, 2.05) is 25.1 Å². The number of anilines is 1. The zero-order valence-corrected chi connectivity index (χ0v) is 19.9. The molecule has 1 aliphatic heterocycles. The highest BCUT2D eigenvalue weighted by atomic mass is 35.5. The number of benzene rings is 3. The summed E-state index contributed by atoms with van der Waals surface area (Å²) in [5.41, 5.74) is 2.11. The number of halogens is 1. The molecule has 34 heavy (non-hydrogen) atoms. The second-order valence-electron chi connectivity index (χ2n) is 7.35. The fourth-order valence-electron chi connectivity index (χ4n) is 3.38. The van der Waals surface area contributed by atoms with E-state index in [2.05, 4.69) is 5.32 Å². The number of nitrogens with one attached hydrogen (secondary N) is 1. The van der Waals surface area contributed by atoms with E-state index in [0.29, 0.717) is 41.0 Å². The summed E-state index contributed by atoms with van der Waals surface area (Å²) in [6, 6.07) is 21.5. The standard InChI is InChI=1S/C26H21ClN2O4S/c1-2-32-23-15-18(10-13-22(23)33-16-17-8-11-19(27)12-9-17)14-21-24(30)28-26(34)29(25(21)31)20-6-4-3-5-7-20/h3-15H,2,16H2,1H3,(H,28,30,34)/b21-14-. The smallest absolute Gasteiger partial charge is 0.270 e. The SMILES string of the molecule is CCOc1cc(/C=C2/C(=O)NC(=S)N(c3ccccc3)C2=O)ccc1OCc1ccc(Cl)cc1. The van der Waals surface area contributed by atoms with Crippen LogP contribution in [0.25, 0.3) is 6.08 Å². The second kappa shape index (κ2) is 10.5. The molecule has 0 saturated carbocycles. The summed E-state index contributed by atoms with van der Waals surface area (Å²) >= 11 is 11.2. The topological polar surface area (TPSA) is 67.9 Å². The first-order valence-corrected chi connectivity index (χ1v) is 11.4. The number of ether oxygens (including phenoxy) is 2. The lowest BCUT2D eigenvalue weighted by molar-refractivity contribution is -0.122. The minimum absolute atomic E-state index is 0.0327. The van der Waals surface area contributed by atoms with E-state index >= 15 is 0 Å². The van der Waals surface area contributed by atoms with Crippen molar-refractivity contribution in [3.8, 4) is 11.5 Å². The zero-order valence-electron chi connectivity index (χ0n) is 18.3. The number of carbonyl (C=O) groups is 2. The summed E-state index contributed by atoms with van der Waals surface area (Å²) in [7, 11) is 0. The summed E-state index contributed by atoms with van der Waals surface area (Å²) in [6.07, 6.45) is 1.51. The third-order valence-corrected chi connectivity index (χ3v) is 5.54. The molecule has 3 aromatic carbocycles. The van der Waals surface area contributed by atoms with Crippen LogP contribution < -0.4 is 19.7 Å². The molecule has 1 fully saturated rings. The van der Waals surface area contributed by atoms with E-state index in [9.17, 15) is 9.59 Å². The molecule has 1 saturated heterocycles. The number of para-hydroxylation sites is 1. The number of hydrogen-bond acceptors (Lipinski definition) is 5. The molecule has 2 amide bonds. The van der Waals surface area contributed by atoms with Crippen LogP contribution in [0.15, 0.2) is 78.4 Å². The first-order chi connectivity index (χ1) is 16.5. The molecule has 0 spiro atoms. The molecule has 1 heterocycles. The van der Waals surface area contributed by atoms with Crippen molar-refractivity contribution < 1.29 is 19.1 Å². The lowest BCUT2D eigenvalue weighted by atomic mass is 10.1. The Labute approximate surface area is 207 Å². The van der Waals surface area contributed by atoms with E-state index in [1.54, 1.807) is 54.6 Å². The van der Waals surface area contributed by atoms with Crippen molar-refractivity contribution in [3.63, 3.8) is 0 Å². The summed E-state index contributed by atoms with van der Waals surface area (Å²) in [5.74, 6) is -0.000408. The first-order valence-electron chi connectivity index (χ1n) is 10.6. The second-order valence-corrected chi connectivity index (χ2v) is 8.17. The molecule has 8 heteroatoms. The Bertz CT molecular complexity index is 1260. The molecule has 0 aliphatic carbocycles. The predicted octanol–water partition coefficient (Wildman–Crippen LogP) is 5.15. The van der Waals surface area contributed by atoms with Gasteiger partial charge in [0.05, 0.1) is 12.3 Å². The van der Waals surface area contributed by atoms with Gasteiger partial charge in [0.25, 0.3) is 11.8 Å². The minimum Gasteiger partial charge on any atom is -0.490 e. The van der Waals surface area contributed by atoms with Crippen molar-refractivity contribution in [1.29, 1.82) is 0 Å². The third kappa shape index (κ3) is 5.27. The summed E-state index contributed by atoms with van der Waals surface area (Å²) in [6.45, 7) is 2.62. The van der Waals surface area contributed by atoms with Crippen LogP contribution in [0, 0.1) is 0 Å². The van der Waals surface area contributed by atoms with Gasteiger partial charge in [-0.2, -0.15) is 0 Å². The summed E-state index contributed by atoms with van der Waals surface area (Å²) < 4.78 is 11.7. The van der Waals surface area contributed by atoms with E-state index in [-0.39, 0.29) is 10.7 Å². The Balaban J connectivity index is 1.60. The number of amides is 2. The van der Waals surface area contributed by atoms with Crippen molar-refractivity contribution in [2.24, 2.45) is 0 Å². The van der Waals surface area contributed by atoms with Crippen molar-refractivity contribution in [3.05, 3.63) is 94.5 Å². The average Bonchev–Trinajstić information content (AvgIpc) is 2.83. The van der Waals surface area contributed by atoms with Gasteiger partial charge in [0.15, 0.2) is 16.6 Å². The van der Waals surface area contributed by atoms with Gasteiger partial charge in [-0.1, -0.05) is 48.0 Å². The molecule has 0 radical (unpaired) electrons. The highest BCUT2D eigenvalue weighted by Gasteiger charge is 2.34. The van der Waals surface area contributed by atoms with Gasteiger partial charge in [-0.3, -0.25) is 19.8 Å². The lowest BCUT2D eigenvalue weighted by Crippen LogP contribution is -2.54. The maximum absolute atomic E-state index is 13.2. The number of rotatable bonds is 7. The molecule has 0 unspecified atom stereocenters. The minimum atomic E-state index is -0.553. The number of thiocarbonyl (C=S) groups is 1. The van der Waals surface area contributed by atoms with Crippen molar-refractivity contribution >= 4 is 52.5 Å². The molecule has 6 nitrogen and oxygen atoms in total. The summed E-state index contributed by atoms with van der Waals surface area (Å²) in [5, 5.41) is 3.28. The van der Waals surface area contributed by atoms with E-state index in [1.165, 1.54) is 11.0 Å². The molecule has 0 bridgehead atoms. The monoisotopic (exact) mass is 492 g/mol. The van der Waals surface area contributed by atoms with Crippen LogP contribution in [0.1, 0.15) is 18.1 Å². The van der Waals surface area contributed by atoms with Gasteiger partial charge in [-0.25, -0.2) is 0 Å². The van der Waals surface area contributed by atoms with Gasteiger partial charge in [0, 0.05) is 5.02 Å². The van der Waals surface area contributed by atoms with Gasteiger partial charge in [-0.05, 0) is 72.7 Å². The van der Waals surface area contributed by atoms with Crippen LogP contribution in [-0.2, 0) is 16.2 Å². The Hall–Kier alpha value is -3.68. The first kappa shape index (κ1) is 23.5. The third-order valence-electron chi connectivity index (χ3n) is 5.00. The molecular weight excluding hydrogens is 472 g/mol. The van der Waals surface area contributed by atoms with Crippen LogP contribution in [0.5, 0.6) is 11.5 Å². The summed E-state index contributed by atoms with van der Waals surface area (Å²) in [4.78, 5) is 27.0. The van der Waals surface area contributed by atoms with Crippen LogP contribution in [0.2, 0.25) is 5.02 Å². The van der Waals surface area contributed by atoms with Gasteiger partial charge in [0.1, 0.15) is 12.2 Å². The fourth-order valence-corrected chi connectivity index (χ4v) is 3.79. The molecule has 1 aliphatic rings. The number of hydrogen-bond donors (Lipinski definition) is 1. The van der Waals surface area contributed by atoms with E-state index in [4.69, 9.17) is 33.3 Å². The molecule has 1 N–H and O–H groups in total. The largest absolute Gasteiger partial charge is 0.490 e. The van der Waals surface area contributed by atoms with Crippen LogP contribution in [0.4, 0.5) is 5.69 Å². The van der Waals surface area contributed by atoms with Crippen molar-refractivity contribution in [1.82, 2.24) is 5.32 Å².